The largest absolute Gasteiger partial charge is 0.402 e. The highest BCUT2D eigenvalue weighted by molar-refractivity contribution is 6.16. The molecule has 2 aliphatic rings. The first kappa shape index (κ1) is 21.2. The van der Waals surface area contributed by atoms with Gasteiger partial charge in [-0.25, -0.2) is 14.8 Å². The molecule has 0 radical (unpaired) electrons. The van der Waals surface area contributed by atoms with E-state index in [1.165, 1.54) is 0 Å². The molecule has 8 nitrogen and oxygen atoms in total. The predicted octanol–water partition coefficient (Wildman–Crippen LogP) is 3.12. The molecule has 0 bridgehead atoms. The van der Waals surface area contributed by atoms with Crippen molar-refractivity contribution in [2.45, 2.75) is 0 Å². The first-order valence-electron chi connectivity index (χ1n) is 10.9. The molecule has 1 fully saturated rings. The Bertz CT molecular complexity index is 1390. The average molecular weight is 451 g/mol. The molecule has 0 saturated carbocycles. The molecule has 8 heteroatoms. The minimum absolute atomic E-state index is 0.284. The minimum Gasteiger partial charge on any atom is -0.402 e. The molecule has 5 rings (SSSR count). The lowest BCUT2D eigenvalue weighted by Gasteiger charge is -2.34. The Balaban J connectivity index is 1.28. The molecular weight excluding hydrogens is 428 g/mol. The molecule has 34 heavy (non-hydrogen) atoms. The molecular formula is C26H22N6O2. The second kappa shape index (κ2) is 9.08. The summed E-state index contributed by atoms with van der Waals surface area (Å²) in [5.74, 6) is 0.269. The van der Waals surface area contributed by atoms with Crippen molar-refractivity contribution in [1.82, 2.24) is 9.80 Å². The van der Waals surface area contributed by atoms with Crippen LogP contribution in [0.5, 0.6) is 0 Å². The second-order valence-corrected chi connectivity index (χ2v) is 8.00. The van der Waals surface area contributed by atoms with Crippen molar-refractivity contribution in [3.05, 3.63) is 89.8 Å². The lowest BCUT2D eigenvalue weighted by molar-refractivity contribution is -0.130. The van der Waals surface area contributed by atoms with E-state index in [0.717, 1.165) is 16.3 Å². The Kier molecular flexibility index (Phi) is 5.67. The highest BCUT2D eigenvalue weighted by Crippen LogP contribution is 2.24. The summed E-state index contributed by atoms with van der Waals surface area (Å²) < 4.78 is 5.50. The molecule has 3 aromatic rings. The molecule has 2 aliphatic heterocycles. The van der Waals surface area contributed by atoms with E-state index in [-0.39, 0.29) is 5.70 Å². The molecule has 0 unspecified atom stereocenters. The fraction of sp³-hybridized carbons (Fsp3) is 0.154. The van der Waals surface area contributed by atoms with Gasteiger partial charge in [0.25, 0.3) is 0 Å². The molecule has 0 aliphatic carbocycles. The Labute approximate surface area is 196 Å². The number of piperazine rings is 1. The zero-order chi connectivity index (χ0) is 23.5. The van der Waals surface area contributed by atoms with Gasteiger partial charge < -0.3 is 20.3 Å². The van der Waals surface area contributed by atoms with Gasteiger partial charge in [0.05, 0.1) is 17.3 Å². The number of ether oxygens (including phenoxy) is 1. The van der Waals surface area contributed by atoms with Gasteiger partial charge in [-0.05, 0) is 35.0 Å². The van der Waals surface area contributed by atoms with Crippen LogP contribution in [0, 0.1) is 11.3 Å². The van der Waals surface area contributed by atoms with Gasteiger partial charge in [-0.1, -0.05) is 42.5 Å². The molecule has 168 valence electrons. The zero-order valence-electron chi connectivity index (χ0n) is 18.4. The van der Waals surface area contributed by atoms with Gasteiger partial charge in [0.15, 0.2) is 11.7 Å². The minimum atomic E-state index is -0.455. The van der Waals surface area contributed by atoms with Crippen LogP contribution in [0.4, 0.5) is 5.69 Å². The predicted molar refractivity (Wildman–Crippen MR) is 130 cm³/mol. The smallest absolute Gasteiger partial charge is 0.365 e. The van der Waals surface area contributed by atoms with Crippen molar-refractivity contribution in [2.75, 3.05) is 26.2 Å². The summed E-state index contributed by atoms with van der Waals surface area (Å²) in [4.78, 5) is 25.4. The van der Waals surface area contributed by atoms with Gasteiger partial charge in [-0.15, -0.1) is 0 Å². The number of hydrogen-bond donors (Lipinski definition) is 1. The van der Waals surface area contributed by atoms with E-state index in [1.54, 1.807) is 24.4 Å². The number of hydrogen-bond acceptors (Lipinski definition) is 6. The summed E-state index contributed by atoms with van der Waals surface area (Å²) in [7, 11) is 0. The van der Waals surface area contributed by atoms with E-state index >= 15 is 0 Å². The van der Waals surface area contributed by atoms with Crippen LogP contribution in [0.15, 0.2) is 88.6 Å². The van der Waals surface area contributed by atoms with Gasteiger partial charge >= 0.3 is 5.97 Å². The van der Waals surface area contributed by atoms with Crippen molar-refractivity contribution < 1.29 is 9.53 Å². The van der Waals surface area contributed by atoms with Crippen molar-refractivity contribution in [2.24, 2.45) is 15.7 Å². The standard InChI is InChI=1S/C26H22N6O2/c27-16-18-5-3-8-20(15-18)29-26(28)32-13-11-31(12-14-32)17-23-25(33)34-24(30-23)22-10-4-7-19-6-1-2-9-21(19)22/h1-10,15,17H,11-14H2,(H2,28,29)/b23-17+. The number of aliphatic imine (C=N–C) groups is 2. The second-order valence-electron chi connectivity index (χ2n) is 8.00. The molecule has 3 aromatic carbocycles. The molecule has 0 aromatic heterocycles. The van der Waals surface area contributed by atoms with Gasteiger partial charge in [0.2, 0.25) is 5.90 Å². The van der Waals surface area contributed by atoms with Crippen LogP contribution in [0.3, 0.4) is 0 Å². The number of nitrogens with zero attached hydrogens (tertiary/aromatic N) is 5. The Morgan fingerprint density at radius 1 is 1.06 bits per heavy atom. The van der Waals surface area contributed by atoms with Gasteiger partial charge in [0.1, 0.15) is 0 Å². The van der Waals surface area contributed by atoms with Gasteiger partial charge in [0, 0.05) is 37.9 Å². The highest BCUT2D eigenvalue weighted by atomic mass is 16.6. The van der Waals surface area contributed by atoms with Crippen LogP contribution >= 0.6 is 0 Å². The maximum absolute atomic E-state index is 12.5. The number of benzene rings is 3. The molecule has 1 saturated heterocycles. The lowest BCUT2D eigenvalue weighted by atomic mass is 10.0. The summed E-state index contributed by atoms with van der Waals surface area (Å²) in [6, 6.07) is 22.9. The van der Waals surface area contributed by atoms with E-state index in [2.05, 4.69) is 16.1 Å². The third-order valence-electron chi connectivity index (χ3n) is 5.80. The van der Waals surface area contributed by atoms with Crippen LogP contribution in [0.1, 0.15) is 11.1 Å². The van der Waals surface area contributed by atoms with E-state index in [1.807, 2.05) is 58.3 Å². The third kappa shape index (κ3) is 4.32. The number of guanidine groups is 1. The zero-order valence-corrected chi connectivity index (χ0v) is 18.4. The van der Waals surface area contributed by atoms with Crippen LogP contribution in [0.2, 0.25) is 0 Å². The van der Waals surface area contributed by atoms with Crippen molar-refractivity contribution >= 4 is 34.3 Å². The normalized spacial score (nSPS) is 17.6. The number of carbonyl (C=O) groups excluding carboxylic acids is 1. The third-order valence-corrected chi connectivity index (χ3v) is 5.80. The van der Waals surface area contributed by atoms with E-state index < -0.39 is 5.97 Å². The topological polar surface area (TPSA) is 107 Å². The summed E-state index contributed by atoms with van der Waals surface area (Å²) >= 11 is 0. The van der Waals surface area contributed by atoms with Crippen molar-refractivity contribution in [1.29, 1.82) is 5.26 Å². The Morgan fingerprint density at radius 3 is 2.65 bits per heavy atom. The highest BCUT2D eigenvalue weighted by Gasteiger charge is 2.27. The van der Waals surface area contributed by atoms with Crippen LogP contribution in [-0.2, 0) is 9.53 Å². The van der Waals surface area contributed by atoms with Crippen molar-refractivity contribution in [3.63, 3.8) is 0 Å². The van der Waals surface area contributed by atoms with E-state index in [4.69, 9.17) is 15.7 Å². The molecule has 0 atom stereocenters. The lowest BCUT2D eigenvalue weighted by Crippen LogP contribution is -2.49. The van der Waals surface area contributed by atoms with Gasteiger partial charge in [-0.2, -0.15) is 5.26 Å². The van der Waals surface area contributed by atoms with Crippen molar-refractivity contribution in [3.8, 4) is 6.07 Å². The molecule has 2 heterocycles. The quantitative estimate of drug-likeness (QED) is 0.284. The number of nitriles is 1. The van der Waals surface area contributed by atoms with Gasteiger partial charge in [-0.3, -0.25) is 0 Å². The fourth-order valence-electron chi connectivity index (χ4n) is 4.03. The number of fused-ring (bicyclic) bond motifs is 1. The maximum atomic E-state index is 12.5. The van der Waals surface area contributed by atoms with Crippen LogP contribution < -0.4 is 5.73 Å². The first-order valence-corrected chi connectivity index (χ1v) is 10.9. The summed E-state index contributed by atoms with van der Waals surface area (Å²) in [5, 5.41) is 11.1. The van der Waals surface area contributed by atoms with E-state index in [9.17, 15) is 4.79 Å². The van der Waals surface area contributed by atoms with E-state index in [0.29, 0.717) is 49.3 Å². The number of cyclic esters (lactones) is 1. The number of nitrogens with two attached hydrogens (primary N) is 1. The van der Waals surface area contributed by atoms with Crippen LogP contribution in [0.25, 0.3) is 10.8 Å². The Morgan fingerprint density at radius 2 is 1.82 bits per heavy atom. The summed E-state index contributed by atoms with van der Waals surface area (Å²) in [6.45, 7) is 2.60. The first-order chi connectivity index (χ1) is 16.6. The molecule has 0 spiro atoms. The maximum Gasteiger partial charge on any atom is 0.365 e. The number of carbonyl (C=O) groups is 1. The Hall–Kier alpha value is -4.64. The molecule has 0 amide bonds. The summed E-state index contributed by atoms with van der Waals surface area (Å²) in [6.07, 6.45) is 1.75. The average Bonchev–Trinajstić information content (AvgIpc) is 3.23. The SMILES string of the molecule is N#Cc1cccc(N=C(N)N2CCN(/C=C3/N=C(c4cccc5ccccc45)OC3=O)CC2)c1. The monoisotopic (exact) mass is 450 g/mol. The van der Waals surface area contributed by atoms with Crippen LogP contribution in [-0.4, -0.2) is 53.8 Å². The summed E-state index contributed by atoms with van der Waals surface area (Å²) in [5.41, 5.74) is 8.46. The molecule has 2 N–H and O–H groups in total. The number of rotatable bonds is 3. The number of esters is 1. The fourth-order valence-corrected chi connectivity index (χ4v) is 4.03.